The fourth-order valence-electron chi connectivity index (χ4n) is 0.241. The highest BCUT2D eigenvalue weighted by atomic mass is 14.8. The predicted octanol–water partition coefficient (Wildman–Crippen LogP) is -0.125. The molecule has 3 nitrogen and oxygen atoms in total. The summed E-state index contributed by atoms with van der Waals surface area (Å²) in [5, 5.41) is 16.1. The maximum absolute atomic E-state index is 6.83. The zero-order valence-corrected chi connectivity index (χ0v) is 4.28. The third kappa shape index (κ3) is 3.12. The lowest BCUT2D eigenvalue weighted by molar-refractivity contribution is 0.948. The Morgan fingerprint density at radius 3 is 2.57 bits per heavy atom. The Morgan fingerprint density at radius 2 is 2.43 bits per heavy atom. The van der Waals surface area contributed by atoms with Gasteiger partial charge < -0.3 is 16.1 Å². The average Bonchev–Trinajstić information content (AvgIpc) is 1.68. The van der Waals surface area contributed by atoms with E-state index < -0.39 is 0 Å². The van der Waals surface area contributed by atoms with Crippen LogP contribution in [0.2, 0.25) is 0 Å². The topological polar surface area (TPSA) is 59.7 Å². The van der Waals surface area contributed by atoms with Crippen LogP contribution in [0.4, 0.5) is 0 Å². The molecule has 40 valence electrons. The molecule has 0 aromatic carbocycles. The van der Waals surface area contributed by atoms with Crippen molar-refractivity contribution in [3.05, 3.63) is 0 Å². The van der Waals surface area contributed by atoms with E-state index in [1.54, 1.807) is 7.05 Å². The van der Waals surface area contributed by atoms with Crippen LogP contribution in [-0.2, 0) is 0 Å². The molecule has 3 heteroatoms. The van der Waals surface area contributed by atoms with Crippen molar-refractivity contribution in [1.29, 1.82) is 10.8 Å². The summed E-state index contributed by atoms with van der Waals surface area (Å²) >= 11 is 0. The van der Waals surface area contributed by atoms with Gasteiger partial charge in [-0.15, -0.1) is 0 Å². The van der Waals surface area contributed by atoms with Crippen molar-refractivity contribution in [2.45, 2.75) is 0 Å². The summed E-state index contributed by atoms with van der Waals surface area (Å²) in [5.74, 6) is 0. The Kier molecular flexibility index (Phi) is 3.14. The van der Waals surface area contributed by atoms with E-state index >= 15 is 0 Å². The third-order valence-electron chi connectivity index (χ3n) is 0.541. The average molecular weight is 99.1 g/mol. The quantitative estimate of drug-likeness (QED) is 0.424. The van der Waals surface area contributed by atoms with E-state index in [1.807, 2.05) is 0 Å². The largest absolute Gasteiger partial charge is 0.314 e. The molecule has 0 rings (SSSR count). The molecule has 0 amide bonds. The van der Waals surface area contributed by atoms with Gasteiger partial charge in [-0.05, 0) is 7.05 Å². The van der Waals surface area contributed by atoms with Crippen molar-refractivity contribution in [2.75, 3.05) is 13.6 Å². The Hall–Kier alpha value is -0.700. The monoisotopic (exact) mass is 99.1 g/mol. The fraction of sp³-hybridized carbons (Fsp3) is 0.500. The van der Waals surface area contributed by atoms with Gasteiger partial charge in [0.05, 0.1) is 5.71 Å². The molecule has 0 aliphatic heterocycles. The molecule has 0 aromatic rings. The van der Waals surface area contributed by atoms with Crippen LogP contribution in [0, 0.1) is 10.8 Å². The molecule has 3 N–H and O–H groups in total. The first-order valence-electron chi connectivity index (χ1n) is 2.03. The Balaban J connectivity index is 3.17. The van der Waals surface area contributed by atoms with Gasteiger partial charge in [-0.2, -0.15) is 0 Å². The first kappa shape index (κ1) is 6.30. The minimum Gasteiger partial charge on any atom is -0.314 e. The summed E-state index contributed by atoms with van der Waals surface area (Å²) in [4.78, 5) is 0. The minimum absolute atomic E-state index is 0.308. The highest BCUT2D eigenvalue weighted by Crippen LogP contribution is 1.57. The number of hydrogen-bond acceptors (Lipinski definition) is 3. The number of hydrogen-bond donors (Lipinski definition) is 3. The van der Waals surface area contributed by atoms with Crippen LogP contribution in [0.15, 0.2) is 0 Å². The van der Waals surface area contributed by atoms with Crippen LogP contribution in [0.3, 0.4) is 0 Å². The molecule has 0 aromatic heterocycles. The van der Waals surface area contributed by atoms with Crippen molar-refractivity contribution in [3.8, 4) is 0 Å². The molecule has 0 unspecified atom stereocenters. The van der Waals surface area contributed by atoms with E-state index in [0.717, 1.165) is 6.21 Å². The number of rotatable bonds is 3. The van der Waals surface area contributed by atoms with Gasteiger partial charge >= 0.3 is 0 Å². The van der Waals surface area contributed by atoms with Crippen molar-refractivity contribution in [2.24, 2.45) is 0 Å². The van der Waals surface area contributed by atoms with E-state index in [1.165, 1.54) is 0 Å². The van der Waals surface area contributed by atoms with Crippen molar-refractivity contribution in [1.82, 2.24) is 5.32 Å². The molecule has 0 saturated heterocycles. The van der Waals surface area contributed by atoms with E-state index in [2.05, 4.69) is 5.32 Å². The van der Waals surface area contributed by atoms with Gasteiger partial charge in [0, 0.05) is 12.8 Å². The molecule has 0 aliphatic carbocycles. The second kappa shape index (κ2) is 3.49. The smallest absolute Gasteiger partial charge is 0.0627 e. The summed E-state index contributed by atoms with van der Waals surface area (Å²) in [7, 11) is 1.75. The minimum atomic E-state index is 0.308. The molecule has 7 heavy (non-hydrogen) atoms. The van der Waals surface area contributed by atoms with Crippen LogP contribution in [0.25, 0.3) is 0 Å². The maximum Gasteiger partial charge on any atom is 0.0627 e. The second-order valence-corrected chi connectivity index (χ2v) is 1.20. The van der Waals surface area contributed by atoms with Gasteiger partial charge in [-0.25, -0.2) is 0 Å². The fourth-order valence-corrected chi connectivity index (χ4v) is 0.241. The zero-order chi connectivity index (χ0) is 5.70. The van der Waals surface area contributed by atoms with Gasteiger partial charge in [0.25, 0.3) is 0 Å². The Labute approximate surface area is 42.8 Å². The lowest BCUT2D eigenvalue weighted by atomic mass is 10.4. The highest BCUT2D eigenvalue weighted by Gasteiger charge is 1.82. The molecule has 0 spiro atoms. The van der Waals surface area contributed by atoms with Crippen LogP contribution < -0.4 is 5.32 Å². The van der Waals surface area contributed by atoms with Gasteiger partial charge in [-0.3, -0.25) is 0 Å². The number of nitrogens with one attached hydrogen (secondary N) is 3. The molecule has 0 saturated carbocycles. The molecular formula is C4H9N3. The van der Waals surface area contributed by atoms with Gasteiger partial charge in [-0.1, -0.05) is 0 Å². The van der Waals surface area contributed by atoms with E-state index in [-0.39, 0.29) is 0 Å². The third-order valence-corrected chi connectivity index (χ3v) is 0.541. The van der Waals surface area contributed by atoms with Crippen molar-refractivity contribution < 1.29 is 0 Å². The van der Waals surface area contributed by atoms with E-state index in [9.17, 15) is 0 Å². The molecule has 0 fully saturated rings. The summed E-state index contributed by atoms with van der Waals surface area (Å²) in [6.45, 7) is 0.490. The highest BCUT2D eigenvalue weighted by molar-refractivity contribution is 6.28. The molecule has 0 radical (unpaired) electrons. The maximum atomic E-state index is 6.83. The Bertz CT molecular complexity index is 77.0. The SMILES string of the molecule is CNCC(=N)C=N. The first-order valence-corrected chi connectivity index (χ1v) is 2.03. The molecular weight excluding hydrogens is 90.1 g/mol. The normalized spacial score (nSPS) is 8.14. The van der Waals surface area contributed by atoms with Gasteiger partial charge in [0.15, 0.2) is 0 Å². The zero-order valence-electron chi connectivity index (χ0n) is 4.28. The summed E-state index contributed by atoms with van der Waals surface area (Å²) in [6, 6.07) is 0. The van der Waals surface area contributed by atoms with Crippen molar-refractivity contribution >= 4 is 11.9 Å². The van der Waals surface area contributed by atoms with Crippen LogP contribution in [0.1, 0.15) is 0 Å². The van der Waals surface area contributed by atoms with E-state index in [4.69, 9.17) is 10.8 Å². The molecule has 0 bridgehead atoms. The molecule has 0 atom stereocenters. The van der Waals surface area contributed by atoms with E-state index in [0.29, 0.717) is 12.3 Å². The summed E-state index contributed by atoms with van der Waals surface area (Å²) in [6.07, 6.45) is 1.02. The van der Waals surface area contributed by atoms with Crippen molar-refractivity contribution in [3.63, 3.8) is 0 Å². The lowest BCUT2D eigenvalue weighted by Crippen LogP contribution is -2.17. The second-order valence-electron chi connectivity index (χ2n) is 1.20. The van der Waals surface area contributed by atoms with Crippen LogP contribution in [-0.4, -0.2) is 25.5 Å². The summed E-state index contributed by atoms with van der Waals surface area (Å²) in [5.41, 5.74) is 0.308. The molecule has 0 heterocycles. The lowest BCUT2D eigenvalue weighted by Gasteiger charge is -1.89. The molecule has 0 aliphatic rings. The van der Waals surface area contributed by atoms with Gasteiger partial charge in [0.2, 0.25) is 0 Å². The van der Waals surface area contributed by atoms with Crippen LogP contribution in [0.5, 0.6) is 0 Å². The Morgan fingerprint density at radius 1 is 1.86 bits per heavy atom. The standard InChI is InChI=1S/C4H9N3/c1-7-3-4(6)2-5/h2,5-7H,3H2,1H3. The first-order chi connectivity index (χ1) is 3.31. The van der Waals surface area contributed by atoms with Gasteiger partial charge in [0.1, 0.15) is 0 Å². The summed E-state index contributed by atoms with van der Waals surface area (Å²) < 4.78 is 0. The van der Waals surface area contributed by atoms with Crippen LogP contribution >= 0.6 is 0 Å². The predicted molar refractivity (Wildman–Crippen MR) is 30.4 cm³/mol.